The Morgan fingerprint density at radius 3 is 2.36 bits per heavy atom. The topological polar surface area (TPSA) is 92.7 Å². The summed E-state index contributed by atoms with van der Waals surface area (Å²) in [5, 5.41) is 11.9. The number of hydrogen-bond acceptors (Lipinski definition) is 4. The number of halogens is 1. The van der Waals surface area contributed by atoms with Crippen molar-refractivity contribution in [3.05, 3.63) is 35.6 Å². The summed E-state index contributed by atoms with van der Waals surface area (Å²) in [5.41, 5.74) is -2.25. The highest BCUT2D eigenvalue weighted by Gasteiger charge is 2.39. The number of Topliss-reactive ketones (excluding diaryl/α,β-unsaturated/α-hetero) is 1. The van der Waals surface area contributed by atoms with Crippen LogP contribution >= 0.6 is 0 Å². The van der Waals surface area contributed by atoms with Gasteiger partial charge in [0.25, 0.3) is 0 Å². The molecule has 0 unspecified atom stereocenters. The third-order valence-electron chi connectivity index (χ3n) is 3.68. The zero-order chi connectivity index (χ0) is 19.3. The number of hydrogen-bond donors (Lipinski definition) is 2. The number of carboxylic acids is 1. The molecule has 0 bridgehead atoms. The van der Waals surface area contributed by atoms with Crippen LogP contribution in [-0.2, 0) is 9.53 Å². The second-order valence-corrected chi connectivity index (χ2v) is 6.80. The first kappa shape index (κ1) is 20.6. The van der Waals surface area contributed by atoms with Gasteiger partial charge in [-0.05, 0) is 45.7 Å². The lowest BCUT2D eigenvalue weighted by Crippen LogP contribution is -2.55. The van der Waals surface area contributed by atoms with Crippen molar-refractivity contribution in [2.24, 2.45) is 0 Å². The maximum absolute atomic E-state index is 13.2. The number of alkyl carbamates (subject to hydrolysis) is 1. The number of ketones is 1. The van der Waals surface area contributed by atoms with Crippen molar-refractivity contribution < 1.29 is 28.6 Å². The molecular formula is C18H24FNO5. The van der Waals surface area contributed by atoms with Crippen LogP contribution in [0.1, 0.15) is 57.3 Å². The van der Waals surface area contributed by atoms with E-state index in [2.05, 4.69) is 5.32 Å². The number of carbonyl (C=O) groups is 3. The number of amides is 1. The van der Waals surface area contributed by atoms with Crippen molar-refractivity contribution in [3.63, 3.8) is 0 Å². The van der Waals surface area contributed by atoms with Crippen LogP contribution in [0.2, 0.25) is 0 Å². The van der Waals surface area contributed by atoms with Crippen molar-refractivity contribution in [1.29, 1.82) is 0 Å². The Hall–Kier alpha value is -2.44. The van der Waals surface area contributed by atoms with E-state index in [0.717, 1.165) is 6.07 Å². The van der Waals surface area contributed by atoms with Gasteiger partial charge in [0, 0.05) is 12.0 Å². The standard InChI is InChI=1S/C18H24FNO5/c1-5-18(15(22)23,20-16(24)25-17(2,3)4)10-9-14(21)12-7-6-8-13(19)11-12/h6-8,11H,5,9-10H2,1-4H3,(H,20,24)(H,22,23)/t18-/m0/s1. The van der Waals surface area contributed by atoms with Crippen molar-refractivity contribution in [3.8, 4) is 0 Å². The molecule has 1 aromatic rings. The zero-order valence-electron chi connectivity index (χ0n) is 14.9. The van der Waals surface area contributed by atoms with Crippen molar-refractivity contribution >= 4 is 17.8 Å². The highest BCUT2D eigenvalue weighted by molar-refractivity contribution is 5.96. The highest BCUT2D eigenvalue weighted by Crippen LogP contribution is 2.21. The van der Waals surface area contributed by atoms with E-state index >= 15 is 0 Å². The van der Waals surface area contributed by atoms with Gasteiger partial charge in [0.1, 0.15) is 17.0 Å². The first-order valence-corrected chi connectivity index (χ1v) is 8.02. The molecule has 1 amide bonds. The minimum Gasteiger partial charge on any atom is -0.480 e. The van der Waals surface area contributed by atoms with Crippen LogP contribution in [0.3, 0.4) is 0 Å². The fourth-order valence-electron chi connectivity index (χ4n) is 2.27. The number of benzene rings is 1. The molecule has 7 heteroatoms. The Bertz CT molecular complexity index is 653. The third kappa shape index (κ3) is 6.17. The Morgan fingerprint density at radius 2 is 1.88 bits per heavy atom. The molecule has 6 nitrogen and oxygen atoms in total. The summed E-state index contributed by atoms with van der Waals surface area (Å²) in [6.45, 7) is 6.58. The first-order valence-electron chi connectivity index (χ1n) is 8.02. The summed E-state index contributed by atoms with van der Waals surface area (Å²) in [6.07, 6.45) is -1.08. The third-order valence-corrected chi connectivity index (χ3v) is 3.68. The van der Waals surface area contributed by atoms with Gasteiger partial charge in [-0.15, -0.1) is 0 Å². The van der Waals surface area contributed by atoms with Gasteiger partial charge in [0.15, 0.2) is 5.78 Å². The molecule has 0 heterocycles. The maximum Gasteiger partial charge on any atom is 0.408 e. The monoisotopic (exact) mass is 353 g/mol. The molecule has 0 aliphatic carbocycles. The summed E-state index contributed by atoms with van der Waals surface area (Å²) >= 11 is 0. The summed E-state index contributed by atoms with van der Waals surface area (Å²) in [4.78, 5) is 35.9. The van der Waals surface area contributed by atoms with E-state index in [0.29, 0.717) is 0 Å². The number of aliphatic carboxylic acids is 1. The Morgan fingerprint density at radius 1 is 1.24 bits per heavy atom. The quantitative estimate of drug-likeness (QED) is 0.731. The molecule has 2 N–H and O–H groups in total. The number of carbonyl (C=O) groups excluding carboxylic acids is 2. The molecule has 0 radical (unpaired) electrons. The molecule has 0 saturated carbocycles. The van der Waals surface area contributed by atoms with E-state index in [1.54, 1.807) is 27.7 Å². The van der Waals surface area contributed by atoms with Gasteiger partial charge < -0.3 is 15.2 Å². The molecule has 0 spiro atoms. The van der Waals surface area contributed by atoms with E-state index in [-0.39, 0.29) is 24.8 Å². The Labute approximate surface area is 146 Å². The lowest BCUT2D eigenvalue weighted by molar-refractivity contribution is -0.145. The summed E-state index contributed by atoms with van der Waals surface area (Å²) in [7, 11) is 0. The minimum atomic E-state index is -1.63. The second kappa shape index (κ2) is 8.09. The van der Waals surface area contributed by atoms with Gasteiger partial charge in [-0.2, -0.15) is 0 Å². The normalized spacial score (nSPS) is 13.6. The van der Waals surface area contributed by atoms with E-state index in [1.807, 2.05) is 0 Å². The van der Waals surface area contributed by atoms with Crippen LogP contribution in [0, 0.1) is 5.82 Å². The molecular weight excluding hydrogens is 329 g/mol. The van der Waals surface area contributed by atoms with Gasteiger partial charge in [0.2, 0.25) is 0 Å². The second-order valence-electron chi connectivity index (χ2n) is 6.80. The van der Waals surface area contributed by atoms with Crippen LogP contribution in [0.4, 0.5) is 9.18 Å². The molecule has 0 saturated heterocycles. The van der Waals surface area contributed by atoms with Crippen LogP contribution in [0.25, 0.3) is 0 Å². The minimum absolute atomic E-state index is 0.0675. The van der Waals surface area contributed by atoms with Crippen molar-refractivity contribution in [2.45, 2.75) is 58.1 Å². The predicted molar refractivity (Wildman–Crippen MR) is 90.0 cm³/mol. The van der Waals surface area contributed by atoms with Gasteiger partial charge in [0.05, 0.1) is 0 Å². The molecule has 1 rings (SSSR count). The molecule has 0 aliphatic rings. The van der Waals surface area contributed by atoms with E-state index in [1.165, 1.54) is 18.2 Å². The predicted octanol–water partition coefficient (Wildman–Crippen LogP) is 3.55. The summed E-state index contributed by atoms with van der Waals surface area (Å²) in [5.74, 6) is -2.20. The average molecular weight is 353 g/mol. The number of nitrogens with one attached hydrogen (secondary N) is 1. The lowest BCUT2D eigenvalue weighted by Gasteiger charge is -2.30. The molecule has 0 aliphatic heterocycles. The fraction of sp³-hybridized carbons (Fsp3) is 0.500. The SMILES string of the molecule is CC[C@@](CCC(=O)c1cccc(F)c1)(NC(=O)OC(C)(C)C)C(=O)O. The number of ether oxygens (including phenoxy) is 1. The van der Waals surface area contributed by atoms with Crippen LogP contribution in [0.15, 0.2) is 24.3 Å². The largest absolute Gasteiger partial charge is 0.480 e. The molecule has 0 fully saturated rings. The van der Waals surface area contributed by atoms with Crippen LogP contribution < -0.4 is 5.32 Å². The van der Waals surface area contributed by atoms with E-state index in [9.17, 15) is 23.9 Å². The summed E-state index contributed by atoms with van der Waals surface area (Å²) in [6, 6.07) is 5.18. The lowest BCUT2D eigenvalue weighted by atomic mass is 9.88. The van der Waals surface area contributed by atoms with Gasteiger partial charge in [-0.1, -0.05) is 19.1 Å². The van der Waals surface area contributed by atoms with Crippen LogP contribution in [0.5, 0.6) is 0 Å². The van der Waals surface area contributed by atoms with Crippen molar-refractivity contribution in [2.75, 3.05) is 0 Å². The van der Waals surface area contributed by atoms with Crippen molar-refractivity contribution in [1.82, 2.24) is 5.32 Å². The van der Waals surface area contributed by atoms with Gasteiger partial charge in [-0.3, -0.25) is 4.79 Å². The Balaban J connectivity index is 2.87. The number of rotatable bonds is 7. The highest BCUT2D eigenvalue weighted by atomic mass is 19.1. The van der Waals surface area contributed by atoms with Crippen LogP contribution in [-0.4, -0.2) is 34.1 Å². The molecule has 0 aromatic heterocycles. The molecule has 25 heavy (non-hydrogen) atoms. The fourth-order valence-corrected chi connectivity index (χ4v) is 2.27. The smallest absolute Gasteiger partial charge is 0.408 e. The molecule has 1 aromatic carbocycles. The van der Waals surface area contributed by atoms with Gasteiger partial charge >= 0.3 is 12.1 Å². The molecule has 138 valence electrons. The van der Waals surface area contributed by atoms with E-state index in [4.69, 9.17) is 4.74 Å². The first-order chi connectivity index (χ1) is 11.5. The maximum atomic E-state index is 13.2. The Kier molecular flexibility index (Phi) is 6.67. The van der Waals surface area contributed by atoms with E-state index < -0.39 is 34.8 Å². The zero-order valence-corrected chi connectivity index (χ0v) is 14.9. The molecule has 1 atom stereocenters. The van der Waals surface area contributed by atoms with Gasteiger partial charge in [-0.25, -0.2) is 14.0 Å². The summed E-state index contributed by atoms with van der Waals surface area (Å²) < 4.78 is 18.3. The number of carboxylic acid groups (broad SMARTS) is 1. The average Bonchev–Trinajstić information content (AvgIpc) is 2.49.